The van der Waals surface area contributed by atoms with Crippen molar-refractivity contribution in [2.75, 3.05) is 5.32 Å². The van der Waals surface area contributed by atoms with Crippen LogP contribution in [0.2, 0.25) is 0 Å². The highest BCUT2D eigenvalue weighted by molar-refractivity contribution is 7.16. The van der Waals surface area contributed by atoms with Crippen molar-refractivity contribution in [2.45, 2.75) is 98.8 Å². The predicted octanol–water partition coefficient (Wildman–Crippen LogP) is 10.1. The SMILES string of the molecule is CC(C)CCCC(C)C1CCC2C3CC=C4c5sc(Nc6ccccc6)nc5CCC4(C)C3CCC12C. The maximum atomic E-state index is 5.07. The van der Waals surface area contributed by atoms with E-state index in [-0.39, 0.29) is 0 Å². The van der Waals surface area contributed by atoms with E-state index in [1.54, 1.807) is 5.57 Å². The molecule has 1 N–H and O–H groups in total. The van der Waals surface area contributed by atoms with Crippen LogP contribution in [0.1, 0.15) is 103 Å². The van der Waals surface area contributed by atoms with Crippen molar-refractivity contribution in [3.8, 4) is 0 Å². The van der Waals surface area contributed by atoms with Gasteiger partial charge in [-0.2, -0.15) is 0 Å². The van der Waals surface area contributed by atoms with E-state index in [0.717, 1.165) is 52.7 Å². The molecule has 1 aromatic heterocycles. The minimum atomic E-state index is 0.328. The summed E-state index contributed by atoms with van der Waals surface area (Å²) < 4.78 is 0. The van der Waals surface area contributed by atoms with Crippen LogP contribution in [0, 0.1) is 46.3 Å². The van der Waals surface area contributed by atoms with Gasteiger partial charge in [-0.15, -0.1) is 0 Å². The highest BCUT2D eigenvalue weighted by Crippen LogP contribution is 2.68. The molecule has 2 saturated carbocycles. The summed E-state index contributed by atoms with van der Waals surface area (Å²) in [6.45, 7) is 12.7. The number of nitrogens with zero attached hydrogens (tertiary/aromatic N) is 1. The fourth-order valence-corrected chi connectivity index (χ4v) is 10.8. The minimum absolute atomic E-state index is 0.328. The quantitative estimate of drug-likeness (QED) is 0.396. The number of thiazole rings is 1. The molecule has 0 spiro atoms. The predicted molar refractivity (Wildman–Crippen MR) is 159 cm³/mol. The number of para-hydroxylation sites is 1. The number of anilines is 2. The number of nitrogens with one attached hydrogen (secondary N) is 1. The van der Waals surface area contributed by atoms with Crippen LogP contribution in [0.4, 0.5) is 10.8 Å². The Hall–Kier alpha value is -1.61. The molecule has 2 fully saturated rings. The van der Waals surface area contributed by atoms with Gasteiger partial charge in [0.1, 0.15) is 0 Å². The van der Waals surface area contributed by atoms with E-state index in [2.05, 4.69) is 76.3 Å². The van der Waals surface area contributed by atoms with Crippen LogP contribution in [-0.2, 0) is 6.42 Å². The Labute approximate surface area is 229 Å². The summed E-state index contributed by atoms with van der Waals surface area (Å²) in [5.41, 5.74) is 5.01. The first-order valence-corrected chi connectivity index (χ1v) is 16.1. The average molecular weight is 517 g/mol. The lowest BCUT2D eigenvalue weighted by Crippen LogP contribution is -2.49. The van der Waals surface area contributed by atoms with Gasteiger partial charge in [-0.05, 0) is 109 Å². The molecule has 1 aromatic carbocycles. The zero-order valence-electron chi connectivity index (χ0n) is 23.9. The van der Waals surface area contributed by atoms with E-state index in [9.17, 15) is 0 Å². The summed E-state index contributed by atoms with van der Waals surface area (Å²) in [5, 5.41) is 4.64. The van der Waals surface area contributed by atoms with Gasteiger partial charge in [-0.25, -0.2) is 4.98 Å². The first kappa shape index (κ1) is 25.7. The second kappa shape index (κ2) is 9.85. The molecule has 2 aromatic rings. The number of aryl methyl sites for hydroxylation is 1. The van der Waals surface area contributed by atoms with Crippen molar-refractivity contribution in [2.24, 2.45) is 46.3 Å². The van der Waals surface area contributed by atoms with Crippen molar-refractivity contribution >= 4 is 27.7 Å². The third-order valence-electron chi connectivity index (χ3n) is 11.5. The van der Waals surface area contributed by atoms with Crippen molar-refractivity contribution < 1.29 is 0 Å². The second-order valence-electron chi connectivity index (χ2n) is 14.0. The third kappa shape index (κ3) is 4.42. The summed E-state index contributed by atoms with van der Waals surface area (Å²) in [7, 11) is 0. The van der Waals surface area contributed by atoms with E-state index in [0.29, 0.717) is 10.8 Å². The molecule has 200 valence electrons. The van der Waals surface area contributed by atoms with E-state index in [4.69, 9.17) is 4.98 Å². The van der Waals surface area contributed by atoms with Crippen LogP contribution >= 0.6 is 11.3 Å². The summed E-state index contributed by atoms with van der Waals surface area (Å²) in [4.78, 5) is 6.56. The Balaban J connectivity index is 1.22. The van der Waals surface area contributed by atoms with Crippen molar-refractivity contribution in [1.82, 2.24) is 4.98 Å². The fourth-order valence-electron chi connectivity index (χ4n) is 9.60. The van der Waals surface area contributed by atoms with Crippen LogP contribution < -0.4 is 5.32 Å². The molecule has 3 heteroatoms. The Morgan fingerprint density at radius 2 is 1.81 bits per heavy atom. The monoisotopic (exact) mass is 516 g/mol. The molecule has 0 bridgehead atoms. The first-order valence-electron chi connectivity index (χ1n) is 15.3. The lowest BCUT2D eigenvalue weighted by atomic mass is 9.47. The molecule has 4 aliphatic carbocycles. The second-order valence-corrected chi connectivity index (χ2v) is 15.0. The van der Waals surface area contributed by atoms with Crippen LogP contribution in [0.25, 0.3) is 5.57 Å². The summed E-state index contributed by atoms with van der Waals surface area (Å²) in [6.07, 6.45) is 16.5. The molecule has 0 aliphatic heterocycles. The third-order valence-corrected chi connectivity index (χ3v) is 12.6. The normalized spacial score (nSPS) is 35.2. The zero-order chi connectivity index (χ0) is 25.8. The highest BCUT2D eigenvalue weighted by atomic mass is 32.1. The van der Waals surface area contributed by atoms with E-state index in [1.165, 1.54) is 68.4 Å². The van der Waals surface area contributed by atoms with Gasteiger partial charge in [0.15, 0.2) is 5.13 Å². The van der Waals surface area contributed by atoms with E-state index >= 15 is 0 Å². The van der Waals surface area contributed by atoms with Gasteiger partial charge in [-0.1, -0.05) is 89.5 Å². The van der Waals surface area contributed by atoms with Gasteiger partial charge in [0.2, 0.25) is 0 Å². The molecule has 7 unspecified atom stereocenters. The number of hydrogen-bond donors (Lipinski definition) is 1. The smallest absolute Gasteiger partial charge is 0.187 e. The van der Waals surface area contributed by atoms with Crippen LogP contribution in [0.15, 0.2) is 36.4 Å². The van der Waals surface area contributed by atoms with Gasteiger partial charge in [0.25, 0.3) is 0 Å². The summed E-state index contributed by atoms with van der Waals surface area (Å²) in [6, 6.07) is 10.5. The average Bonchev–Trinajstić information content (AvgIpc) is 3.44. The Kier molecular flexibility index (Phi) is 6.83. The number of aromatic nitrogens is 1. The van der Waals surface area contributed by atoms with Gasteiger partial charge in [0, 0.05) is 5.69 Å². The van der Waals surface area contributed by atoms with E-state index in [1.807, 2.05) is 11.3 Å². The molecule has 2 nitrogen and oxygen atoms in total. The maximum absolute atomic E-state index is 5.07. The largest absolute Gasteiger partial charge is 0.332 e. The number of rotatable bonds is 7. The van der Waals surface area contributed by atoms with Gasteiger partial charge in [-0.3, -0.25) is 0 Å². The fraction of sp³-hybridized carbons (Fsp3) is 0.676. The lowest BCUT2D eigenvalue weighted by molar-refractivity contribution is -0.0392. The van der Waals surface area contributed by atoms with Crippen molar-refractivity contribution in [3.05, 3.63) is 47.0 Å². The van der Waals surface area contributed by atoms with Crippen molar-refractivity contribution in [3.63, 3.8) is 0 Å². The number of hydrogen-bond acceptors (Lipinski definition) is 3. The summed E-state index contributed by atoms with van der Waals surface area (Å²) in [5.74, 6) is 5.34. The first-order chi connectivity index (χ1) is 17.8. The summed E-state index contributed by atoms with van der Waals surface area (Å²) >= 11 is 1.90. The molecule has 1 heterocycles. The molecule has 0 radical (unpaired) electrons. The Morgan fingerprint density at radius 3 is 2.59 bits per heavy atom. The Morgan fingerprint density at radius 1 is 1.00 bits per heavy atom. The molecule has 0 amide bonds. The van der Waals surface area contributed by atoms with Crippen LogP contribution in [-0.4, -0.2) is 4.98 Å². The minimum Gasteiger partial charge on any atom is -0.332 e. The van der Waals surface area contributed by atoms with E-state index < -0.39 is 0 Å². The Bertz CT molecular complexity index is 1130. The number of allylic oxidation sites excluding steroid dienone is 2. The van der Waals surface area contributed by atoms with Crippen LogP contribution in [0.5, 0.6) is 0 Å². The van der Waals surface area contributed by atoms with Crippen LogP contribution in [0.3, 0.4) is 0 Å². The van der Waals surface area contributed by atoms with Gasteiger partial charge < -0.3 is 5.32 Å². The molecular weight excluding hydrogens is 468 g/mol. The molecule has 4 aliphatic rings. The van der Waals surface area contributed by atoms with Gasteiger partial charge >= 0.3 is 0 Å². The molecule has 7 atom stereocenters. The number of fused-ring (bicyclic) bond motifs is 7. The standard InChI is InChI=1S/C34H48N2S/c1-22(2)10-9-11-23(3)26-16-17-27-25-14-15-29-31-30(36-32(37-31)35-24-12-7-6-8-13-24)19-21-34(29,5)28(25)18-20-33(26,27)4/h6-8,12-13,15,22-23,25-28H,9-11,14,16-21H2,1-5H3,(H,35,36). The zero-order valence-corrected chi connectivity index (χ0v) is 24.7. The topological polar surface area (TPSA) is 24.9 Å². The number of benzene rings is 1. The maximum Gasteiger partial charge on any atom is 0.187 e. The molecule has 6 rings (SSSR count). The van der Waals surface area contributed by atoms with Crippen molar-refractivity contribution in [1.29, 1.82) is 0 Å². The highest BCUT2D eigenvalue weighted by Gasteiger charge is 2.59. The molecular formula is C34H48N2S. The van der Waals surface area contributed by atoms with Gasteiger partial charge in [0.05, 0.1) is 10.6 Å². The molecule has 37 heavy (non-hydrogen) atoms. The molecule has 0 saturated heterocycles. The lowest BCUT2D eigenvalue weighted by Gasteiger charge is -2.57.